The standard InChI is InChI=1S/C14H19N3O2S/c1-3-19-12(11-7-5-4-6-8-11)13-16-14(20-17-13)15-9-10-18-2/h4-8,12H,3,9-10H2,1-2H3,(H,15,16,17). The molecule has 0 saturated carbocycles. The number of methoxy groups -OCH3 is 1. The van der Waals surface area contributed by atoms with Gasteiger partial charge >= 0.3 is 0 Å². The zero-order valence-corrected chi connectivity index (χ0v) is 12.5. The molecule has 0 saturated heterocycles. The normalized spacial score (nSPS) is 12.3. The lowest BCUT2D eigenvalue weighted by molar-refractivity contribution is 0.0860. The van der Waals surface area contributed by atoms with Gasteiger partial charge < -0.3 is 14.8 Å². The molecule has 0 bridgehead atoms. The minimum Gasteiger partial charge on any atom is -0.383 e. The minimum absolute atomic E-state index is 0.213. The van der Waals surface area contributed by atoms with E-state index in [-0.39, 0.29) is 6.10 Å². The Bertz CT molecular complexity index is 504. The molecule has 0 radical (unpaired) electrons. The van der Waals surface area contributed by atoms with Crippen LogP contribution in [0.25, 0.3) is 0 Å². The Morgan fingerprint density at radius 3 is 2.80 bits per heavy atom. The average molecular weight is 293 g/mol. The second-order valence-electron chi connectivity index (χ2n) is 4.12. The van der Waals surface area contributed by atoms with Crippen LogP contribution in [0.3, 0.4) is 0 Å². The molecule has 108 valence electrons. The molecule has 1 aromatic heterocycles. The molecule has 2 rings (SSSR count). The van der Waals surface area contributed by atoms with Gasteiger partial charge in [-0.15, -0.1) is 0 Å². The van der Waals surface area contributed by atoms with Gasteiger partial charge in [0.25, 0.3) is 0 Å². The maximum Gasteiger partial charge on any atom is 0.202 e. The first kappa shape index (κ1) is 14.9. The van der Waals surface area contributed by atoms with Gasteiger partial charge in [0.15, 0.2) is 5.82 Å². The summed E-state index contributed by atoms with van der Waals surface area (Å²) >= 11 is 1.34. The van der Waals surface area contributed by atoms with Crippen LogP contribution in [-0.2, 0) is 9.47 Å². The number of hydrogen-bond donors (Lipinski definition) is 1. The van der Waals surface area contributed by atoms with E-state index in [9.17, 15) is 0 Å². The fraction of sp³-hybridized carbons (Fsp3) is 0.429. The van der Waals surface area contributed by atoms with Gasteiger partial charge in [-0.25, -0.2) is 4.98 Å². The van der Waals surface area contributed by atoms with E-state index >= 15 is 0 Å². The molecular weight excluding hydrogens is 274 g/mol. The van der Waals surface area contributed by atoms with Gasteiger partial charge in [-0.3, -0.25) is 0 Å². The Kier molecular flexibility index (Phi) is 5.91. The third-order valence-electron chi connectivity index (χ3n) is 2.69. The monoisotopic (exact) mass is 293 g/mol. The number of benzene rings is 1. The molecule has 0 amide bonds. The predicted octanol–water partition coefficient (Wildman–Crippen LogP) is 2.72. The van der Waals surface area contributed by atoms with E-state index in [4.69, 9.17) is 9.47 Å². The van der Waals surface area contributed by atoms with Gasteiger partial charge in [-0.2, -0.15) is 4.37 Å². The van der Waals surface area contributed by atoms with E-state index in [2.05, 4.69) is 14.7 Å². The molecule has 1 N–H and O–H groups in total. The third-order valence-corrected chi connectivity index (χ3v) is 3.38. The summed E-state index contributed by atoms with van der Waals surface area (Å²) in [5.74, 6) is 0.697. The molecule has 5 nitrogen and oxygen atoms in total. The van der Waals surface area contributed by atoms with E-state index in [1.54, 1.807) is 7.11 Å². The van der Waals surface area contributed by atoms with Gasteiger partial charge in [-0.05, 0) is 12.5 Å². The highest BCUT2D eigenvalue weighted by Crippen LogP contribution is 2.26. The number of aromatic nitrogens is 2. The van der Waals surface area contributed by atoms with Crippen LogP contribution in [0.5, 0.6) is 0 Å². The SMILES string of the molecule is CCOC(c1ccccc1)c1nsc(NCCOC)n1. The van der Waals surface area contributed by atoms with Crippen LogP contribution >= 0.6 is 11.5 Å². The maximum atomic E-state index is 5.78. The zero-order chi connectivity index (χ0) is 14.2. The van der Waals surface area contributed by atoms with Gasteiger partial charge in [0.1, 0.15) is 6.10 Å². The summed E-state index contributed by atoms with van der Waals surface area (Å²) in [6, 6.07) is 10.0. The van der Waals surface area contributed by atoms with Crippen LogP contribution in [0.2, 0.25) is 0 Å². The van der Waals surface area contributed by atoms with Crippen molar-refractivity contribution in [2.75, 3.05) is 32.2 Å². The lowest BCUT2D eigenvalue weighted by Crippen LogP contribution is -2.09. The largest absolute Gasteiger partial charge is 0.383 e. The molecule has 0 fully saturated rings. The summed E-state index contributed by atoms with van der Waals surface area (Å²) in [6.45, 7) is 3.95. The Balaban J connectivity index is 2.10. The molecular formula is C14H19N3O2S. The molecule has 2 aromatic rings. The highest BCUT2D eigenvalue weighted by Gasteiger charge is 2.19. The van der Waals surface area contributed by atoms with Crippen molar-refractivity contribution in [3.63, 3.8) is 0 Å². The summed E-state index contributed by atoms with van der Waals surface area (Å²) in [7, 11) is 1.67. The van der Waals surface area contributed by atoms with Crippen LogP contribution in [0.4, 0.5) is 5.13 Å². The third kappa shape index (κ3) is 4.00. The fourth-order valence-electron chi connectivity index (χ4n) is 1.79. The molecule has 0 aliphatic carbocycles. The second kappa shape index (κ2) is 7.94. The molecule has 1 aromatic carbocycles. The molecule has 6 heteroatoms. The van der Waals surface area contributed by atoms with E-state index in [1.807, 2.05) is 37.3 Å². The van der Waals surface area contributed by atoms with Crippen molar-refractivity contribution in [2.45, 2.75) is 13.0 Å². The molecule has 0 spiro atoms. The summed E-state index contributed by atoms with van der Waals surface area (Å²) in [5.41, 5.74) is 1.07. The lowest BCUT2D eigenvalue weighted by atomic mass is 10.1. The fourth-order valence-corrected chi connectivity index (χ4v) is 2.41. The van der Waals surface area contributed by atoms with E-state index < -0.39 is 0 Å². The summed E-state index contributed by atoms with van der Waals surface area (Å²) in [4.78, 5) is 4.49. The zero-order valence-electron chi connectivity index (χ0n) is 11.7. The van der Waals surface area contributed by atoms with Crippen molar-refractivity contribution >= 4 is 16.7 Å². The van der Waals surface area contributed by atoms with E-state index in [0.29, 0.717) is 19.0 Å². The molecule has 0 aliphatic rings. The van der Waals surface area contributed by atoms with Gasteiger partial charge in [0, 0.05) is 31.8 Å². The smallest absolute Gasteiger partial charge is 0.202 e. The number of nitrogens with zero attached hydrogens (tertiary/aromatic N) is 2. The van der Waals surface area contributed by atoms with Gasteiger partial charge in [0.2, 0.25) is 5.13 Å². The molecule has 1 unspecified atom stereocenters. The number of nitrogens with one attached hydrogen (secondary N) is 1. The summed E-state index contributed by atoms with van der Waals surface area (Å²) < 4.78 is 15.2. The van der Waals surface area contributed by atoms with E-state index in [1.165, 1.54) is 11.5 Å². The number of ether oxygens (including phenoxy) is 2. The molecule has 0 aliphatic heterocycles. The van der Waals surface area contributed by atoms with E-state index in [0.717, 1.165) is 17.2 Å². The first-order valence-electron chi connectivity index (χ1n) is 6.58. The highest BCUT2D eigenvalue weighted by molar-refractivity contribution is 7.09. The second-order valence-corrected chi connectivity index (χ2v) is 4.88. The van der Waals surface area contributed by atoms with Crippen LogP contribution in [-0.4, -0.2) is 36.2 Å². The highest BCUT2D eigenvalue weighted by atomic mass is 32.1. The van der Waals surface area contributed by atoms with Crippen molar-refractivity contribution in [1.82, 2.24) is 9.36 Å². The molecule has 20 heavy (non-hydrogen) atoms. The first-order chi connectivity index (χ1) is 9.85. The van der Waals surface area contributed by atoms with Crippen molar-refractivity contribution in [2.24, 2.45) is 0 Å². The van der Waals surface area contributed by atoms with Crippen LogP contribution < -0.4 is 5.32 Å². The minimum atomic E-state index is -0.213. The van der Waals surface area contributed by atoms with Crippen molar-refractivity contribution in [3.8, 4) is 0 Å². The van der Waals surface area contributed by atoms with Gasteiger partial charge in [-0.1, -0.05) is 30.3 Å². The number of rotatable bonds is 8. The number of anilines is 1. The van der Waals surface area contributed by atoms with Gasteiger partial charge in [0.05, 0.1) is 6.61 Å². The number of hydrogen-bond acceptors (Lipinski definition) is 6. The van der Waals surface area contributed by atoms with Crippen LogP contribution in [0.15, 0.2) is 30.3 Å². The van der Waals surface area contributed by atoms with Crippen molar-refractivity contribution in [3.05, 3.63) is 41.7 Å². The topological polar surface area (TPSA) is 56.3 Å². The van der Waals surface area contributed by atoms with Crippen LogP contribution in [0.1, 0.15) is 24.4 Å². The summed E-state index contributed by atoms with van der Waals surface area (Å²) in [6.07, 6.45) is -0.213. The molecule has 1 heterocycles. The average Bonchev–Trinajstić information content (AvgIpc) is 2.94. The van der Waals surface area contributed by atoms with Crippen LogP contribution in [0, 0.1) is 0 Å². The Morgan fingerprint density at radius 1 is 1.30 bits per heavy atom. The van der Waals surface area contributed by atoms with Crippen molar-refractivity contribution < 1.29 is 9.47 Å². The Labute approximate surface area is 123 Å². The molecule has 1 atom stereocenters. The maximum absolute atomic E-state index is 5.78. The van der Waals surface area contributed by atoms with Crippen molar-refractivity contribution in [1.29, 1.82) is 0 Å². The quantitative estimate of drug-likeness (QED) is 0.758. The Morgan fingerprint density at radius 2 is 2.10 bits per heavy atom. The Hall–Kier alpha value is -1.50. The predicted molar refractivity (Wildman–Crippen MR) is 80.2 cm³/mol. The lowest BCUT2D eigenvalue weighted by Gasteiger charge is -2.13. The first-order valence-corrected chi connectivity index (χ1v) is 7.35. The summed E-state index contributed by atoms with van der Waals surface area (Å²) in [5, 5.41) is 3.97.